The minimum atomic E-state index is 0.969. The van der Waals surface area contributed by atoms with Gasteiger partial charge in [0.05, 0.1) is 5.69 Å². The van der Waals surface area contributed by atoms with Crippen LogP contribution in [-0.2, 0) is 0 Å². The Morgan fingerprint density at radius 2 is 2.15 bits per heavy atom. The fourth-order valence-electron chi connectivity index (χ4n) is 1.25. The van der Waals surface area contributed by atoms with Crippen molar-refractivity contribution in [2.75, 3.05) is 0 Å². The Hall–Kier alpha value is -1.66. The lowest BCUT2D eigenvalue weighted by Gasteiger charge is -2.03. The van der Waals surface area contributed by atoms with Crippen molar-refractivity contribution in [3.05, 3.63) is 34.8 Å². The molecule has 2 heteroatoms. The topological polar surface area (TPSA) is 25.2 Å². The van der Waals surface area contributed by atoms with Gasteiger partial charge in [0.25, 0.3) is 0 Å². The molecule has 1 aliphatic rings. The van der Waals surface area contributed by atoms with E-state index in [9.17, 15) is 0 Å². The minimum Gasteiger partial charge on any atom is -0.253 e. The van der Waals surface area contributed by atoms with Crippen LogP contribution in [0.3, 0.4) is 0 Å². The highest BCUT2D eigenvalue weighted by Gasteiger charge is 2.02. The van der Waals surface area contributed by atoms with Gasteiger partial charge in [-0.3, -0.25) is 4.98 Å². The van der Waals surface area contributed by atoms with Crippen molar-refractivity contribution in [2.45, 2.75) is 13.8 Å². The number of aliphatic imine (C=N–C) groups is 1. The Morgan fingerprint density at radius 1 is 1.31 bits per heavy atom. The van der Waals surface area contributed by atoms with Crippen molar-refractivity contribution in [3.8, 4) is 0 Å². The van der Waals surface area contributed by atoms with Crippen LogP contribution in [0.4, 0.5) is 0 Å². The van der Waals surface area contributed by atoms with Gasteiger partial charge in [-0.15, -0.1) is 0 Å². The van der Waals surface area contributed by atoms with Gasteiger partial charge >= 0.3 is 0 Å². The van der Waals surface area contributed by atoms with E-state index in [4.69, 9.17) is 0 Å². The highest BCUT2D eigenvalue weighted by atomic mass is 14.7. The molecule has 0 N–H and O–H groups in total. The molecule has 0 aromatic carbocycles. The van der Waals surface area contributed by atoms with E-state index in [1.54, 1.807) is 6.20 Å². The van der Waals surface area contributed by atoms with E-state index in [0.29, 0.717) is 0 Å². The molecule has 0 bridgehead atoms. The highest BCUT2D eigenvalue weighted by molar-refractivity contribution is 5.83. The summed E-state index contributed by atoms with van der Waals surface area (Å²) in [6.45, 7) is 4.07. The third kappa shape index (κ3) is 1.44. The van der Waals surface area contributed by atoms with Gasteiger partial charge in [-0.2, -0.15) is 0 Å². The van der Waals surface area contributed by atoms with Crippen molar-refractivity contribution in [1.29, 1.82) is 0 Å². The van der Waals surface area contributed by atoms with Gasteiger partial charge in [-0.05, 0) is 37.4 Å². The standard InChI is InChI=1S/C11H10N2/c1-8-7-10-3-5-12-6-4-11(10)13-9(8)2/h3-4,6-7H,1-2H3. The Kier molecular flexibility index (Phi) is 1.84. The number of hydrogen-bond donors (Lipinski definition) is 0. The third-order valence-electron chi connectivity index (χ3n) is 2.13. The van der Waals surface area contributed by atoms with Crippen molar-refractivity contribution in [1.82, 2.24) is 4.98 Å². The second-order valence-corrected chi connectivity index (χ2v) is 3.08. The zero-order chi connectivity index (χ0) is 9.26. The predicted molar refractivity (Wildman–Crippen MR) is 54.6 cm³/mol. The first-order chi connectivity index (χ1) is 6.27. The van der Waals surface area contributed by atoms with Crippen LogP contribution in [0.5, 0.6) is 0 Å². The van der Waals surface area contributed by atoms with Gasteiger partial charge in [0.1, 0.15) is 0 Å². The lowest BCUT2D eigenvalue weighted by atomic mass is 10.1. The molecular formula is C11H10N2. The zero-order valence-corrected chi connectivity index (χ0v) is 7.70. The summed E-state index contributed by atoms with van der Waals surface area (Å²) in [5.41, 5.74) is 4.32. The van der Waals surface area contributed by atoms with Crippen molar-refractivity contribution >= 4 is 18.0 Å². The number of pyridine rings is 1. The Labute approximate surface area is 77.4 Å². The maximum atomic E-state index is 4.46. The summed E-state index contributed by atoms with van der Waals surface area (Å²) >= 11 is 0. The van der Waals surface area contributed by atoms with E-state index < -0.39 is 0 Å². The van der Waals surface area contributed by atoms with E-state index in [2.05, 4.69) is 28.8 Å². The molecule has 1 aromatic heterocycles. The molecule has 0 aliphatic carbocycles. The number of aryl methyl sites for hydroxylation is 2. The number of aromatic nitrogens is 1. The van der Waals surface area contributed by atoms with Crippen LogP contribution >= 0.6 is 0 Å². The summed E-state index contributed by atoms with van der Waals surface area (Å²) in [4.78, 5) is 8.37. The second-order valence-electron chi connectivity index (χ2n) is 3.08. The van der Waals surface area contributed by atoms with Gasteiger partial charge < -0.3 is 0 Å². The van der Waals surface area contributed by atoms with E-state index in [1.807, 2.05) is 19.1 Å². The van der Waals surface area contributed by atoms with Gasteiger partial charge in [-0.1, -0.05) is 0 Å². The number of hydrogen-bond acceptors (Lipinski definition) is 2. The molecule has 0 saturated carbocycles. The molecule has 13 heavy (non-hydrogen) atoms. The average molecular weight is 170 g/mol. The van der Waals surface area contributed by atoms with Gasteiger partial charge in [0.15, 0.2) is 0 Å². The number of rotatable bonds is 0. The largest absolute Gasteiger partial charge is 0.253 e. The molecule has 0 saturated heterocycles. The average Bonchev–Trinajstić information content (AvgIpc) is 2.31. The van der Waals surface area contributed by atoms with Crippen LogP contribution in [-0.4, -0.2) is 10.9 Å². The first-order valence-electron chi connectivity index (χ1n) is 4.21. The maximum absolute atomic E-state index is 4.46. The summed E-state index contributed by atoms with van der Waals surface area (Å²) in [7, 11) is 0. The normalized spacial score (nSPS) is 12.8. The fourth-order valence-corrected chi connectivity index (χ4v) is 1.25. The Balaban J connectivity index is 2.69. The quantitative estimate of drug-likeness (QED) is 0.586. The molecule has 0 atom stereocenters. The van der Waals surface area contributed by atoms with E-state index in [1.165, 1.54) is 5.56 Å². The first-order valence-corrected chi connectivity index (χ1v) is 4.21. The van der Waals surface area contributed by atoms with E-state index >= 15 is 0 Å². The van der Waals surface area contributed by atoms with Crippen LogP contribution < -0.4 is 0 Å². The zero-order valence-electron chi connectivity index (χ0n) is 7.70. The molecule has 64 valence electrons. The van der Waals surface area contributed by atoms with Crippen molar-refractivity contribution in [3.63, 3.8) is 0 Å². The molecular weight excluding hydrogens is 160 g/mol. The summed E-state index contributed by atoms with van der Waals surface area (Å²) in [6, 6.07) is 2.11. The van der Waals surface area contributed by atoms with Gasteiger partial charge in [0.2, 0.25) is 0 Å². The lowest BCUT2D eigenvalue weighted by molar-refractivity contribution is 1.13. The summed E-state index contributed by atoms with van der Waals surface area (Å²) < 4.78 is 0. The molecule has 0 amide bonds. The van der Waals surface area contributed by atoms with Crippen LogP contribution in [0.15, 0.2) is 17.3 Å². The molecule has 2 rings (SSSR count). The summed E-state index contributed by atoms with van der Waals surface area (Å²) in [6.07, 6.45) is 5.47. The number of nitrogens with zero attached hydrogens (tertiary/aromatic N) is 2. The van der Waals surface area contributed by atoms with E-state index in [-0.39, 0.29) is 0 Å². The molecule has 2 nitrogen and oxygen atoms in total. The lowest BCUT2D eigenvalue weighted by Crippen LogP contribution is -1.93. The van der Waals surface area contributed by atoms with Gasteiger partial charge in [0, 0.05) is 23.5 Å². The van der Waals surface area contributed by atoms with E-state index in [0.717, 1.165) is 17.0 Å². The molecule has 1 aliphatic heterocycles. The fraction of sp³-hybridized carbons (Fsp3) is 0.182. The monoisotopic (exact) mass is 170 g/mol. The molecule has 0 radical (unpaired) electrons. The molecule has 2 heterocycles. The summed E-state index contributed by atoms with van der Waals surface area (Å²) in [5.74, 6) is 2.82. The highest BCUT2D eigenvalue weighted by Crippen LogP contribution is 2.15. The molecule has 0 unspecified atom stereocenters. The molecule has 0 spiro atoms. The van der Waals surface area contributed by atoms with Crippen LogP contribution in [0, 0.1) is 13.8 Å². The predicted octanol–water partition coefficient (Wildman–Crippen LogP) is 2.37. The van der Waals surface area contributed by atoms with Crippen molar-refractivity contribution in [2.24, 2.45) is 4.99 Å². The van der Waals surface area contributed by atoms with Crippen LogP contribution in [0.2, 0.25) is 0 Å². The third-order valence-corrected chi connectivity index (χ3v) is 2.13. The number of fused-ring (bicyclic) bond motifs is 1. The minimum absolute atomic E-state index is 0.969. The smallest absolute Gasteiger partial charge is 0.0727 e. The summed E-state index contributed by atoms with van der Waals surface area (Å²) in [5, 5.41) is 0. The van der Waals surface area contributed by atoms with Crippen LogP contribution in [0.1, 0.15) is 22.5 Å². The first kappa shape index (κ1) is 7.96. The van der Waals surface area contributed by atoms with Crippen LogP contribution in [0.25, 0.3) is 12.2 Å². The Morgan fingerprint density at radius 3 is 3.00 bits per heavy atom. The second kappa shape index (κ2) is 3.00. The maximum Gasteiger partial charge on any atom is 0.0727 e. The van der Waals surface area contributed by atoms with Gasteiger partial charge in [-0.25, -0.2) is 4.99 Å². The Bertz CT molecular complexity index is 436. The molecule has 0 fully saturated rings. The SMILES string of the molecule is Cc1cc2c(nc1C)C=CN=C=C2. The van der Waals surface area contributed by atoms with Crippen molar-refractivity contribution < 1.29 is 0 Å². The molecule has 1 aromatic rings.